The van der Waals surface area contributed by atoms with E-state index in [9.17, 15) is 14.4 Å². The lowest BCUT2D eigenvalue weighted by Crippen LogP contribution is -2.49. The predicted molar refractivity (Wildman–Crippen MR) is 51.4 cm³/mol. The molecule has 0 saturated carbocycles. The van der Waals surface area contributed by atoms with Crippen molar-refractivity contribution in [1.29, 1.82) is 0 Å². The Hall–Kier alpha value is -1.56. The second kappa shape index (κ2) is 5.35. The SMILES string of the molecule is C=C(Cl)CN(C(C)=O)C(C(=O)O)C(=O)O. The molecule has 15 heavy (non-hydrogen) atoms. The molecule has 6 nitrogen and oxygen atoms in total. The summed E-state index contributed by atoms with van der Waals surface area (Å²) >= 11 is 5.40. The van der Waals surface area contributed by atoms with Crippen LogP contribution in [0.1, 0.15) is 6.92 Å². The van der Waals surface area contributed by atoms with Gasteiger partial charge in [-0.05, 0) is 0 Å². The molecule has 0 aromatic rings. The zero-order chi connectivity index (χ0) is 12.2. The summed E-state index contributed by atoms with van der Waals surface area (Å²) in [6.45, 7) is 4.00. The van der Waals surface area contributed by atoms with Crippen molar-refractivity contribution in [3.05, 3.63) is 11.6 Å². The summed E-state index contributed by atoms with van der Waals surface area (Å²) in [5.74, 6) is -3.96. The van der Waals surface area contributed by atoms with Gasteiger partial charge in [-0.25, -0.2) is 9.59 Å². The number of carbonyl (C=O) groups is 3. The fraction of sp³-hybridized carbons (Fsp3) is 0.375. The van der Waals surface area contributed by atoms with Gasteiger partial charge < -0.3 is 15.1 Å². The maximum atomic E-state index is 11.0. The van der Waals surface area contributed by atoms with Crippen molar-refractivity contribution in [2.75, 3.05) is 6.54 Å². The first-order valence-electron chi connectivity index (χ1n) is 3.83. The lowest BCUT2D eigenvalue weighted by molar-refractivity contribution is -0.160. The molecule has 7 heteroatoms. The molecular weight excluding hydrogens is 226 g/mol. The number of aliphatic carboxylic acids is 2. The summed E-state index contributed by atoms with van der Waals surface area (Å²) in [6, 6.07) is -1.95. The van der Waals surface area contributed by atoms with Crippen LogP contribution in [0.25, 0.3) is 0 Å². The number of carboxylic acids is 2. The summed E-state index contributed by atoms with van der Waals surface area (Å²) in [4.78, 5) is 32.9. The van der Waals surface area contributed by atoms with Crippen LogP contribution in [0.3, 0.4) is 0 Å². The van der Waals surface area contributed by atoms with Gasteiger partial charge in [-0.2, -0.15) is 0 Å². The standard InChI is InChI=1S/C8H10ClNO5/c1-4(9)3-10(5(2)11)6(7(12)13)8(14)15/h6H,1,3H2,2H3,(H,12,13)(H,14,15). The fourth-order valence-electron chi connectivity index (χ4n) is 0.942. The average molecular weight is 236 g/mol. The summed E-state index contributed by atoms with van der Waals surface area (Å²) in [6.07, 6.45) is 0. The van der Waals surface area contributed by atoms with Crippen LogP contribution in [0.2, 0.25) is 0 Å². The van der Waals surface area contributed by atoms with Crippen LogP contribution in [0.15, 0.2) is 11.6 Å². The Morgan fingerprint density at radius 2 is 1.73 bits per heavy atom. The van der Waals surface area contributed by atoms with Crippen molar-refractivity contribution in [3.8, 4) is 0 Å². The molecule has 0 unspecified atom stereocenters. The maximum absolute atomic E-state index is 11.0. The number of carbonyl (C=O) groups excluding carboxylic acids is 1. The number of nitrogens with zero attached hydrogens (tertiary/aromatic N) is 1. The van der Waals surface area contributed by atoms with Gasteiger partial charge >= 0.3 is 11.9 Å². The Morgan fingerprint density at radius 1 is 1.33 bits per heavy atom. The second-order valence-electron chi connectivity index (χ2n) is 2.74. The quantitative estimate of drug-likeness (QED) is 0.660. The number of hydrogen-bond acceptors (Lipinski definition) is 3. The Kier molecular flexibility index (Phi) is 4.80. The Morgan fingerprint density at radius 3 is 1.93 bits per heavy atom. The second-order valence-corrected chi connectivity index (χ2v) is 3.28. The molecule has 0 radical (unpaired) electrons. The molecule has 0 aliphatic carbocycles. The fourth-order valence-corrected chi connectivity index (χ4v) is 1.07. The minimum Gasteiger partial charge on any atom is -0.479 e. The van der Waals surface area contributed by atoms with E-state index < -0.39 is 23.9 Å². The highest BCUT2D eigenvalue weighted by atomic mass is 35.5. The molecule has 0 spiro atoms. The van der Waals surface area contributed by atoms with E-state index in [4.69, 9.17) is 21.8 Å². The highest BCUT2D eigenvalue weighted by Crippen LogP contribution is 2.07. The molecule has 0 atom stereocenters. The van der Waals surface area contributed by atoms with Gasteiger partial charge in [-0.1, -0.05) is 18.2 Å². The van der Waals surface area contributed by atoms with E-state index in [2.05, 4.69) is 6.58 Å². The summed E-state index contributed by atoms with van der Waals surface area (Å²) in [5, 5.41) is 17.2. The largest absolute Gasteiger partial charge is 0.479 e. The lowest BCUT2D eigenvalue weighted by atomic mass is 10.2. The van der Waals surface area contributed by atoms with Gasteiger partial charge in [0.15, 0.2) is 0 Å². The van der Waals surface area contributed by atoms with Gasteiger partial charge in [0.05, 0.1) is 6.54 Å². The molecule has 0 aliphatic heterocycles. The van der Waals surface area contributed by atoms with E-state index in [0.717, 1.165) is 6.92 Å². The molecule has 0 aromatic carbocycles. The maximum Gasteiger partial charge on any atom is 0.338 e. The van der Waals surface area contributed by atoms with Gasteiger partial charge in [-0.15, -0.1) is 0 Å². The molecular formula is C8H10ClNO5. The topological polar surface area (TPSA) is 94.9 Å². The van der Waals surface area contributed by atoms with Crippen molar-refractivity contribution in [1.82, 2.24) is 4.90 Å². The molecule has 0 fully saturated rings. The highest BCUT2D eigenvalue weighted by molar-refractivity contribution is 6.29. The van der Waals surface area contributed by atoms with E-state index in [1.54, 1.807) is 0 Å². The molecule has 0 bridgehead atoms. The van der Waals surface area contributed by atoms with Gasteiger partial charge in [0.25, 0.3) is 0 Å². The van der Waals surface area contributed by atoms with Crippen LogP contribution < -0.4 is 0 Å². The molecule has 0 aromatic heterocycles. The van der Waals surface area contributed by atoms with Crippen molar-refractivity contribution in [2.24, 2.45) is 0 Å². The molecule has 84 valence electrons. The molecule has 0 saturated heterocycles. The monoisotopic (exact) mass is 235 g/mol. The zero-order valence-corrected chi connectivity index (χ0v) is 8.69. The summed E-state index contributed by atoms with van der Waals surface area (Å²) in [7, 11) is 0. The third-order valence-electron chi connectivity index (χ3n) is 1.53. The Bertz CT molecular complexity index is 300. The van der Waals surface area contributed by atoms with Crippen LogP contribution >= 0.6 is 11.6 Å². The number of hydrogen-bond donors (Lipinski definition) is 2. The van der Waals surface area contributed by atoms with Crippen LogP contribution in [-0.4, -0.2) is 45.5 Å². The van der Waals surface area contributed by atoms with Gasteiger partial charge in [-0.3, -0.25) is 4.79 Å². The first kappa shape index (κ1) is 13.4. The third kappa shape index (κ3) is 3.99. The van der Waals surface area contributed by atoms with Gasteiger partial charge in [0.2, 0.25) is 11.9 Å². The number of halogens is 1. The highest BCUT2D eigenvalue weighted by Gasteiger charge is 2.34. The van der Waals surface area contributed by atoms with Gasteiger partial charge in [0.1, 0.15) is 0 Å². The van der Waals surface area contributed by atoms with Crippen molar-refractivity contribution in [2.45, 2.75) is 13.0 Å². The van der Waals surface area contributed by atoms with E-state index in [1.165, 1.54) is 0 Å². The summed E-state index contributed by atoms with van der Waals surface area (Å²) < 4.78 is 0. The third-order valence-corrected chi connectivity index (χ3v) is 1.65. The Labute approximate surface area is 90.7 Å². The van der Waals surface area contributed by atoms with Crippen LogP contribution in [0.5, 0.6) is 0 Å². The van der Waals surface area contributed by atoms with E-state index in [1.807, 2.05) is 0 Å². The molecule has 0 aliphatic rings. The normalized spacial score (nSPS) is 9.80. The van der Waals surface area contributed by atoms with Crippen molar-refractivity contribution in [3.63, 3.8) is 0 Å². The number of rotatable bonds is 5. The van der Waals surface area contributed by atoms with E-state index in [0.29, 0.717) is 4.90 Å². The number of amides is 1. The lowest BCUT2D eigenvalue weighted by Gasteiger charge is -2.24. The number of carboxylic acid groups (broad SMARTS) is 2. The molecule has 2 N–H and O–H groups in total. The average Bonchev–Trinajstić information content (AvgIpc) is 2.00. The van der Waals surface area contributed by atoms with Gasteiger partial charge in [0, 0.05) is 12.0 Å². The summed E-state index contributed by atoms with van der Waals surface area (Å²) in [5.41, 5.74) is 0. The van der Waals surface area contributed by atoms with E-state index in [-0.39, 0.29) is 11.6 Å². The Balaban J connectivity index is 5.01. The predicted octanol–water partition coefficient (Wildman–Crippen LogP) is 0.125. The smallest absolute Gasteiger partial charge is 0.338 e. The molecule has 1 amide bonds. The van der Waals surface area contributed by atoms with E-state index >= 15 is 0 Å². The molecule has 0 heterocycles. The van der Waals surface area contributed by atoms with Crippen molar-refractivity contribution >= 4 is 29.4 Å². The van der Waals surface area contributed by atoms with Crippen LogP contribution in [0.4, 0.5) is 0 Å². The van der Waals surface area contributed by atoms with Crippen LogP contribution in [-0.2, 0) is 14.4 Å². The van der Waals surface area contributed by atoms with Crippen molar-refractivity contribution < 1.29 is 24.6 Å². The zero-order valence-electron chi connectivity index (χ0n) is 7.94. The molecule has 0 rings (SSSR count). The van der Waals surface area contributed by atoms with Crippen LogP contribution in [0, 0.1) is 0 Å². The first-order valence-corrected chi connectivity index (χ1v) is 4.21. The minimum absolute atomic E-state index is 0.0160. The first-order chi connectivity index (χ1) is 6.77. The minimum atomic E-state index is -1.95.